The second-order valence-electron chi connectivity index (χ2n) is 11.5. The summed E-state index contributed by atoms with van der Waals surface area (Å²) in [6.07, 6.45) is 0.712. The average Bonchev–Trinajstić information content (AvgIpc) is 2.88. The van der Waals surface area contributed by atoms with Crippen molar-refractivity contribution in [3.05, 3.63) is 0 Å². The van der Waals surface area contributed by atoms with E-state index in [9.17, 15) is 38.7 Å². The molecule has 0 unspecified atom stereocenters. The summed E-state index contributed by atoms with van der Waals surface area (Å²) in [5.41, 5.74) is 9.85. The van der Waals surface area contributed by atoms with Gasteiger partial charge in [0.25, 0.3) is 0 Å². The Morgan fingerprint density at radius 1 is 0.721 bits per heavy atom. The first kappa shape index (κ1) is 39.2. The molecule has 16 nitrogen and oxygen atoms in total. The highest BCUT2D eigenvalue weighted by molar-refractivity contribution is 5.97. The number of nitrogens with two attached hydrogens (primary N) is 2. The molecular weight excluding hydrogens is 566 g/mol. The molecule has 0 spiro atoms. The van der Waals surface area contributed by atoms with Crippen molar-refractivity contribution in [2.75, 3.05) is 6.54 Å². The van der Waals surface area contributed by atoms with Crippen LogP contribution in [0.25, 0.3) is 0 Å². The minimum absolute atomic E-state index is 0.130. The van der Waals surface area contributed by atoms with Gasteiger partial charge in [0.05, 0.1) is 6.04 Å². The van der Waals surface area contributed by atoms with Crippen molar-refractivity contribution in [2.24, 2.45) is 17.4 Å². The molecule has 0 saturated carbocycles. The Morgan fingerprint density at radius 2 is 1.26 bits per heavy atom. The molecule has 11 N–H and O–H groups in total. The highest BCUT2D eigenvalue weighted by Gasteiger charge is 2.34. The van der Waals surface area contributed by atoms with Gasteiger partial charge < -0.3 is 48.3 Å². The predicted octanol–water partition coefficient (Wildman–Crippen LogP) is -1.69. The van der Waals surface area contributed by atoms with Gasteiger partial charge in [0.1, 0.15) is 29.7 Å². The molecule has 0 fully saturated rings. The lowest BCUT2D eigenvalue weighted by Crippen LogP contribution is -2.61. The van der Waals surface area contributed by atoms with Crippen LogP contribution >= 0.6 is 0 Å². The number of aliphatic carboxylic acids is 2. The minimum atomic E-state index is -1.44. The Kier molecular flexibility index (Phi) is 17.0. The van der Waals surface area contributed by atoms with Gasteiger partial charge in [0.2, 0.25) is 29.5 Å². The first-order chi connectivity index (χ1) is 19.8. The summed E-state index contributed by atoms with van der Waals surface area (Å²) in [6, 6.07) is -5.88. The average molecular weight is 616 g/mol. The number of unbranched alkanes of at least 4 members (excludes halogenated alkanes) is 1. The second-order valence-corrected chi connectivity index (χ2v) is 11.5. The first-order valence-electron chi connectivity index (χ1n) is 14.3. The Hall–Kier alpha value is -3.79. The Bertz CT molecular complexity index is 1000. The molecule has 5 atom stereocenters. The second kappa shape index (κ2) is 18.7. The van der Waals surface area contributed by atoms with Crippen LogP contribution in [0.3, 0.4) is 0 Å². The topological polar surface area (TPSA) is 272 Å². The van der Waals surface area contributed by atoms with Crippen molar-refractivity contribution < 1.29 is 43.8 Å². The Morgan fingerprint density at radius 3 is 1.74 bits per heavy atom. The molecule has 0 saturated heterocycles. The molecule has 0 radical (unpaired) electrons. The number of carbonyl (C=O) groups is 7. The summed E-state index contributed by atoms with van der Waals surface area (Å²) in [5.74, 6) is -6.12. The summed E-state index contributed by atoms with van der Waals surface area (Å²) in [7, 11) is 0. The molecule has 16 heteroatoms. The fraction of sp³-hybridized carbons (Fsp3) is 0.741. The minimum Gasteiger partial charge on any atom is -0.481 e. The lowest BCUT2D eigenvalue weighted by molar-refractivity contribution is -0.142. The van der Waals surface area contributed by atoms with E-state index in [4.69, 9.17) is 16.6 Å². The van der Waals surface area contributed by atoms with E-state index in [1.165, 1.54) is 27.7 Å². The number of carbonyl (C=O) groups excluding carboxylic acids is 5. The molecule has 0 aliphatic carbocycles. The van der Waals surface area contributed by atoms with E-state index < -0.39 is 83.6 Å². The van der Waals surface area contributed by atoms with Gasteiger partial charge in [-0.05, 0) is 72.3 Å². The van der Waals surface area contributed by atoms with Gasteiger partial charge in [-0.3, -0.25) is 28.8 Å². The zero-order valence-corrected chi connectivity index (χ0v) is 25.8. The van der Waals surface area contributed by atoms with Gasteiger partial charge in [0.15, 0.2) is 0 Å². The molecule has 0 aromatic carbocycles. The van der Waals surface area contributed by atoms with Gasteiger partial charge >= 0.3 is 11.9 Å². The van der Waals surface area contributed by atoms with Gasteiger partial charge in [-0.15, -0.1) is 0 Å². The largest absolute Gasteiger partial charge is 0.481 e. The van der Waals surface area contributed by atoms with Crippen LogP contribution in [0.1, 0.15) is 80.1 Å². The van der Waals surface area contributed by atoms with Crippen molar-refractivity contribution in [2.45, 2.75) is 116 Å². The standard InChI is InChI=1S/C27H49N7O9/c1-14(2)13-17(29)23(39)34-27(5,6)26(43)31-16(4)22(38)32-18(10-11-20(35)36)24(40)30-15(3)21(37)33-19(25(41)42)9-7-8-12-28/h14-19H,7-13,28-29H2,1-6H3,(H,30,40)(H,31,43)(H,32,38)(H,33,37)(H,34,39)(H,35,36)(H,41,42)/t15-,16-,17-,18-,19-/m0/s1. The summed E-state index contributed by atoms with van der Waals surface area (Å²) in [5, 5.41) is 30.5. The van der Waals surface area contributed by atoms with E-state index in [0.29, 0.717) is 25.8 Å². The van der Waals surface area contributed by atoms with Crippen LogP contribution in [-0.4, -0.2) is 94.0 Å². The van der Waals surface area contributed by atoms with E-state index in [2.05, 4.69) is 26.6 Å². The number of nitrogens with one attached hydrogen (secondary N) is 5. The maximum absolute atomic E-state index is 12.9. The molecule has 0 bridgehead atoms. The molecular formula is C27H49N7O9. The van der Waals surface area contributed by atoms with Gasteiger partial charge in [-0.1, -0.05) is 13.8 Å². The number of hydrogen-bond donors (Lipinski definition) is 9. The lowest BCUT2D eigenvalue weighted by Gasteiger charge is -2.29. The maximum atomic E-state index is 12.9. The van der Waals surface area contributed by atoms with Crippen LogP contribution in [0.15, 0.2) is 0 Å². The third kappa shape index (κ3) is 15.3. The number of hydrogen-bond acceptors (Lipinski definition) is 9. The van der Waals surface area contributed by atoms with Crippen LogP contribution in [0.4, 0.5) is 0 Å². The van der Waals surface area contributed by atoms with Crippen LogP contribution in [-0.2, 0) is 33.6 Å². The smallest absolute Gasteiger partial charge is 0.326 e. The number of amides is 5. The van der Waals surface area contributed by atoms with E-state index in [1.807, 2.05) is 13.8 Å². The molecule has 0 heterocycles. The third-order valence-corrected chi connectivity index (χ3v) is 6.40. The molecule has 0 rings (SSSR count). The fourth-order valence-corrected chi connectivity index (χ4v) is 3.77. The first-order valence-corrected chi connectivity index (χ1v) is 14.3. The van der Waals surface area contributed by atoms with Crippen molar-refractivity contribution >= 4 is 41.5 Å². The summed E-state index contributed by atoms with van der Waals surface area (Å²) in [4.78, 5) is 86.2. The van der Waals surface area contributed by atoms with Crippen molar-refractivity contribution in [1.82, 2.24) is 26.6 Å². The normalized spacial score (nSPS) is 14.8. The van der Waals surface area contributed by atoms with Crippen molar-refractivity contribution in [3.8, 4) is 0 Å². The zero-order chi connectivity index (χ0) is 33.5. The lowest BCUT2D eigenvalue weighted by atomic mass is 10.00. The molecule has 0 aromatic heterocycles. The van der Waals surface area contributed by atoms with Crippen molar-refractivity contribution in [3.63, 3.8) is 0 Å². The van der Waals surface area contributed by atoms with Crippen LogP contribution in [0.2, 0.25) is 0 Å². The molecule has 246 valence electrons. The van der Waals surface area contributed by atoms with Gasteiger partial charge in [0, 0.05) is 6.42 Å². The van der Waals surface area contributed by atoms with Crippen LogP contribution in [0, 0.1) is 5.92 Å². The van der Waals surface area contributed by atoms with E-state index in [-0.39, 0.29) is 18.8 Å². The summed E-state index contributed by atoms with van der Waals surface area (Å²) in [6.45, 7) is 9.63. The number of carboxylic acid groups (broad SMARTS) is 2. The number of carboxylic acids is 2. The monoisotopic (exact) mass is 615 g/mol. The van der Waals surface area contributed by atoms with Crippen molar-refractivity contribution in [1.29, 1.82) is 0 Å². The van der Waals surface area contributed by atoms with Gasteiger partial charge in [-0.2, -0.15) is 0 Å². The fourth-order valence-electron chi connectivity index (χ4n) is 3.77. The predicted molar refractivity (Wildman–Crippen MR) is 156 cm³/mol. The Labute approximate surface area is 251 Å². The number of rotatable bonds is 20. The molecule has 0 aliphatic heterocycles. The molecule has 5 amide bonds. The highest BCUT2D eigenvalue weighted by Crippen LogP contribution is 2.08. The quantitative estimate of drug-likeness (QED) is 0.0697. The molecule has 43 heavy (non-hydrogen) atoms. The maximum Gasteiger partial charge on any atom is 0.326 e. The summed E-state index contributed by atoms with van der Waals surface area (Å²) >= 11 is 0. The van der Waals surface area contributed by atoms with Gasteiger partial charge in [-0.25, -0.2) is 4.79 Å². The molecule has 0 aliphatic rings. The summed E-state index contributed by atoms with van der Waals surface area (Å²) < 4.78 is 0. The van der Waals surface area contributed by atoms with E-state index >= 15 is 0 Å². The van der Waals surface area contributed by atoms with Crippen LogP contribution < -0.4 is 38.1 Å². The highest BCUT2D eigenvalue weighted by atomic mass is 16.4. The van der Waals surface area contributed by atoms with E-state index in [1.54, 1.807) is 0 Å². The van der Waals surface area contributed by atoms with E-state index in [0.717, 1.165) is 0 Å². The third-order valence-electron chi connectivity index (χ3n) is 6.40. The zero-order valence-electron chi connectivity index (χ0n) is 25.8. The SMILES string of the molecule is CC(C)C[C@H](N)C(=O)NC(C)(C)C(=O)N[C@@H](C)C(=O)N[C@@H](CCC(=O)O)C(=O)N[C@@H](C)C(=O)N[C@@H](CCCCN)C(=O)O. The van der Waals surface area contributed by atoms with Crippen LogP contribution in [0.5, 0.6) is 0 Å². The Balaban J connectivity index is 5.37. The molecule has 0 aromatic rings.